The summed E-state index contributed by atoms with van der Waals surface area (Å²) in [6, 6.07) is 2.01. The molecule has 1 N–H and O–H groups in total. The minimum Gasteiger partial charge on any atom is -0.507 e. The number of aromatic hydroxyl groups is 1. The standard InChI is InChI=1S/C12H3Cl15O/c13-7(14,10(19,20)21)3-1-4(8(15,16)11(22,23)24)6(28)5(2-3)9(17,18)12(25,26)27/h1-2,28H. The van der Waals surface area contributed by atoms with E-state index in [0.29, 0.717) is 0 Å². The molecule has 162 valence electrons. The molecule has 0 saturated carbocycles. The molecule has 16 heteroatoms. The molecule has 0 bridgehead atoms. The molecular formula is C12H3Cl15O. The molecule has 0 aliphatic rings. The van der Waals surface area contributed by atoms with E-state index in [9.17, 15) is 5.11 Å². The molecule has 0 atom stereocenters. The van der Waals surface area contributed by atoms with Crippen molar-refractivity contribution in [3.8, 4) is 5.75 Å². The highest BCUT2D eigenvalue weighted by atomic mass is 35.6. The number of phenols is 1. The molecule has 0 spiro atoms. The second kappa shape index (κ2) is 9.20. The van der Waals surface area contributed by atoms with Crippen LogP contribution < -0.4 is 0 Å². The molecule has 28 heavy (non-hydrogen) atoms. The summed E-state index contributed by atoms with van der Waals surface area (Å²) in [5, 5.41) is 10.7. The molecule has 0 fully saturated rings. The van der Waals surface area contributed by atoms with Crippen LogP contribution in [0.15, 0.2) is 12.1 Å². The Kier molecular flexibility index (Phi) is 9.66. The number of benzene rings is 1. The molecule has 0 unspecified atom stereocenters. The van der Waals surface area contributed by atoms with Crippen LogP contribution in [0.1, 0.15) is 16.7 Å². The van der Waals surface area contributed by atoms with E-state index in [-0.39, 0.29) is 5.56 Å². The third-order valence-corrected chi connectivity index (χ3v) is 10.5. The summed E-state index contributed by atoms with van der Waals surface area (Å²) < 4.78 is -14.2. The number of alkyl halides is 15. The van der Waals surface area contributed by atoms with Gasteiger partial charge in [-0.3, -0.25) is 0 Å². The molecule has 1 aromatic rings. The number of phenolic OH excluding ortho intramolecular Hbond substituents is 1. The second-order valence-electron chi connectivity index (χ2n) is 5.14. The summed E-state index contributed by atoms with van der Waals surface area (Å²) in [5.74, 6) is -0.801. The topological polar surface area (TPSA) is 20.2 Å². The summed E-state index contributed by atoms with van der Waals surface area (Å²) in [4.78, 5) is 0. The fraction of sp³-hybridized carbons (Fsp3) is 0.500. The van der Waals surface area contributed by atoms with Gasteiger partial charge in [0.25, 0.3) is 0 Å². The average Bonchev–Trinajstić information content (AvgIpc) is 2.42. The van der Waals surface area contributed by atoms with Crippen molar-refractivity contribution < 1.29 is 5.11 Å². The molecule has 0 saturated heterocycles. The van der Waals surface area contributed by atoms with Gasteiger partial charge in [0.2, 0.25) is 11.4 Å². The van der Waals surface area contributed by atoms with Gasteiger partial charge in [-0.2, -0.15) is 0 Å². The van der Waals surface area contributed by atoms with E-state index in [2.05, 4.69) is 0 Å². The third kappa shape index (κ3) is 5.70. The smallest absolute Gasteiger partial charge is 0.227 e. The Balaban J connectivity index is 4.06. The van der Waals surface area contributed by atoms with Crippen LogP contribution in [0.3, 0.4) is 0 Å². The van der Waals surface area contributed by atoms with Crippen molar-refractivity contribution in [1.29, 1.82) is 0 Å². The maximum absolute atomic E-state index is 10.7. The number of rotatable bonds is 3. The van der Waals surface area contributed by atoms with Crippen molar-refractivity contribution in [2.45, 2.75) is 24.4 Å². The maximum atomic E-state index is 10.7. The molecule has 0 aromatic heterocycles. The number of hydrogen-bond acceptors (Lipinski definition) is 1. The highest BCUT2D eigenvalue weighted by Gasteiger charge is 2.55. The monoisotopic (exact) mass is 688 g/mol. The minimum atomic E-state index is -2.42. The van der Waals surface area contributed by atoms with Gasteiger partial charge in [-0.1, -0.05) is 174 Å². The van der Waals surface area contributed by atoms with Crippen molar-refractivity contribution in [2.75, 3.05) is 0 Å². The minimum absolute atomic E-state index is 0.238. The Morgan fingerprint density at radius 2 is 0.714 bits per heavy atom. The van der Waals surface area contributed by atoms with E-state index in [1.165, 1.54) is 0 Å². The van der Waals surface area contributed by atoms with Crippen molar-refractivity contribution in [2.24, 2.45) is 0 Å². The van der Waals surface area contributed by atoms with Gasteiger partial charge < -0.3 is 5.11 Å². The summed E-state index contributed by atoms with van der Waals surface area (Å²) in [5.41, 5.74) is -1.20. The summed E-state index contributed by atoms with van der Waals surface area (Å²) in [6.07, 6.45) is 0. The first-order valence-electron chi connectivity index (χ1n) is 6.21. The second-order valence-corrected chi connectivity index (χ2v) is 16.0. The zero-order chi connectivity index (χ0) is 22.7. The zero-order valence-electron chi connectivity index (χ0n) is 12.3. The third-order valence-electron chi connectivity index (χ3n) is 3.22. The zero-order valence-corrected chi connectivity index (χ0v) is 23.6. The fourth-order valence-corrected chi connectivity index (χ4v) is 3.50. The average molecular weight is 695 g/mol. The number of halogens is 15. The lowest BCUT2D eigenvalue weighted by Gasteiger charge is -2.35. The van der Waals surface area contributed by atoms with Crippen molar-refractivity contribution >= 4 is 174 Å². The van der Waals surface area contributed by atoms with Gasteiger partial charge in [-0.25, -0.2) is 0 Å². The van der Waals surface area contributed by atoms with Gasteiger partial charge >= 0.3 is 0 Å². The quantitative estimate of drug-likeness (QED) is 0.312. The van der Waals surface area contributed by atoms with Crippen LogP contribution >= 0.6 is 174 Å². The largest absolute Gasteiger partial charge is 0.507 e. The molecule has 0 amide bonds. The molecule has 0 aliphatic carbocycles. The molecule has 0 heterocycles. The lowest BCUT2D eigenvalue weighted by atomic mass is 9.97. The van der Waals surface area contributed by atoms with E-state index in [1.807, 2.05) is 0 Å². The first-order chi connectivity index (χ1) is 12.0. The summed E-state index contributed by atoms with van der Waals surface area (Å²) >= 11 is 89.3. The van der Waals surface area contributed by atoms with Crippen LogP contribution in [0.5, 0.6) is 5.75 Å². The molecule has 1 aromatic carbocycles. The van der Waals surface area contributed by atoms with Crippen LogP contribution in [0, 0.1) is 0 Å². The van der Waals surface area contributed by atoms with E-state index < -0.39 is 41.3 Å². The van der Waals surface area contributed by atoms with Gasteiger partial charge in [0.15, 0.2) is 13.0 Å². The van der Waals surface area contributed by atoms with Gasteiger partial charge in [-0.15, -0.1) is 0 Å². The molecule has 0 radical (unpaired) electrons. The Morgan fingerprint density at radius 3 is 0.929 bits per heavy atom. The van der Waals surface area contributed by atoms with E-state index in [4.69, 9.17) is 174 Å². The summed E-state index contributed by atoms with van der Waals surface area (Å²) in [6.45, 7) is 0. The Morgan fingerprint density at radius 1 is 0.464 bits per heavy atom. The van der Waals surface area contributed by atoms with Crippen molar-refractivity contribution in [1.82, 2.24) is 0 Å². The molecule has 1 rings (SSSR count). The van der Waals surface area contributed by atoms with E-state index >= 15 is 0 Å². The lowest BCUT2D eigenvalue weighted by molar-refractivity contribution is 0.454. The maximum Gasteiger partial charge on any atom is 0.227 e. The van der Waals surface area contributed by atoms with Gasteiger partial charge in [0.1, 0.15) is 5.75 Å². The predicted octanol–water partition coefficient (Wildman–Crippen LogP) is 10.4. The van der Waals surface area contributed by atoms with Crippen LogP contribution in [-0.4, -0.2) is 16.5 Å². The Bertz CT molecular complexity index is 690. The Hall–Kier alpha value is 3.37. The molecular weight excluding hydrogens is 692 g/mol. The van der Waals surface area contributed by atoms with Gasteiger partial charge in [0, 0.05) is 11.1 Å². The number of hydrogen-bond donors (Lipinski definition) is 1. The Labute approximate surface area is 235 Å². The molecule has 0 aliphatic heterocycles. The van der Waals surface area contributed by atoms with Crippen LogP contribution in [0.4, 0.5) is 0 Å². The van der Waals surface area contributed by atoms with Crippen LogP contribution in [-0.2, 0) is 13.0 Å². The lowest BCUT2D eigenvalue weighted by Crippen LogP contribution is -2.34. The van der Waals surface area contributed by atoms with Gasteiger partial charge in [0.05, 0.1) is 0 Å². The first-order valence-corrected chi connectivity index (χ1v) is 11.9. The van der Waals surface area contributed by atoms with Gasteiger partial charge in [-0.05, 0) is 17.7 Å². The predicted molar refractivity (Wildman–Crippen MR) is 129 cm³/mol. The van der Waals surface area contributed by atoms with Crippen molar-refractivity contribution in [3.63, 3.8) is 0 Å². The normalized spacial score (nSPS) is 15.1. The van der Waals surface area contributed by atoms with Crippen LogP contribution in [0.2, 0.25) is 0 Å². The highest BCUT2D eigenvalue weighted by molar-refractivity contribution is 6.77. The van der Waals surface area contributed by atoms with E-state index in [0.717, 1.165) is 12.1 Å². The molecule has 1 nitrogen and oxygen atoms in total. The van der Waals surface area contributed by atoms with E-state index in [1.54, 1.807) is 0 Å². The fourth-order valence-electron chi connectivity index (χ4n) is 1.76. The highest BCUT2D eigenvalue weighted by Crippen LogP contribution is 2.62. The first kappa shape index (κ1) is 29.4. The van der Waals surface area contributed by atoms with Crippen LogP contribution in [0.25, 0.3) is 0 Å². The SMILES string of the molecule is Oc1c(C(Cl)(Cl)C(Cl)(Cl)Cl)cc(C(Cl)(Cl)C(Cl)(Cl)Cl)cc1C(Cl)(Cl)C(Cl)(Cl)Cl. The van der Waals surface area contributed by atoms with Crippen molar-refractivity contribution in [3.05, 3.63) is 28.8 Å². The summed E-state index contributed by atoms with van der Waals surface area (Å²) in [7, 11) is 0.